The van der Waals surface area contributed by atoms with E-state index < -0.39 is 6.10 Å². The van der Waals surface area contributed by atoms with Crippen molar-refractivity contribution in [2.24, 2.45) is 0 Å². The summed E-state index contributed by atoms with van der Waals surface area (Å²) < 4.78 is 5.04. The molecule has 70 valence electrons. The second kappa shape index (κ2) is 4.05. The fourth-order valence-electron chi connectivity index (χ4n) is 0.997. The van der Waals surface area contributed by atoms with Gasteiger partial charge in [0.15, 0.2) is 5.78 Å². The molecule has 0 bridgehead atoms. The van der Waals surface area contributed by atoms with Crippen LogP contribution in [-0.2, 0) is 4.79 Å². The van der Waals surface area contributed by atoms with Crippen molar-refractivity contribution in [1.29, 1.82) is 0 Å². The highest BCUT2D eigenvalue weighted by Gasteiger charge is 2.11. The monoisotopic (exact) mass is 180 g/mol. The highest BCUT2D eigenvalue weighted by molar-refractivity contribution is 5.84. The van der Waals surface area contributed by atoms with Crippen LogP contribution in [0.4, 0.5) is 0 Å². The third kappa shape index (κ3) is 2.56. The molecule has 0 amide bonds. The van der Waals surface area contributed by atoms with Gasteiger partial charge in [-0.25, -0.2) is 0 Å². The average molecular weight is 180 g/mol. The summed E-state index contributed by atoms with van der Waals surface area (Å²) in [5.41, 5.74) is 0.586. The van der Waals surface area contributed by atoms with Crippen LogP contribution >= 0.6 is 0 Å². The van der Waals surface area contributed by atoms with E-state index in [9.17, 15) is 9.90 Å². The van der Waals surface area contributed by atoms with E-state index in [2.05, 4.69) is 0 Å². The van der Waals surface area contributed by atoms with Crippen LogP contribution < -0.4 is 0 Å². The van der Waals surface area contributed by atoms with Crippen LogP contribution in [0.3, 0.4) is 0 Å². The minimum atomic E-state index is -1.02. The van der Waals surface area contributed by atoms with Gasteiger partial charge in [-0.2, -0.15) is 0 Å². The summed E-state index contributed by atoms with van der Waals surface area (Å²) in [4.78, 5) is 10.8. The molecule has 0 fully saturated rings. The Balaban J connectivity index is 2.78. The molecule has 0 aliphatic heterocycles. The Morgan fingerprint density at radius 3 is 2.77 bits per heavy atom. The lowest BCUT2D eigenvalue weighted by Crippen LogP contribution is -2.17. The first kappa shape index (κ1) is 9.74. The minimum absolute atomic E-state index is 0.264. The first-order valence-corrected chi connectivity index (χ1v) is 4.01. The van der Waals surface area contributed by atoms with Crippen molar-refractivity contribution >= 4 is 11.9 Å². The molecular formula is C10H12O3. The second-order valence-corrected chi connectivity index (χ2v) is 2.92. The van der Waals surface area contributed by atoms with E-state index in [1.165, 1.54) is 6.92 Å². The molecule has 0 radical (unpaired) electrons. The number of aliphatic hydroxyl groups excluding tert-OH is 1. The van der Waals surface area contributed by atoms with E-state index >= 15 is 0 Å². The van der Waals surface area contributed by atoms with E-state index in [1.54, 1.807) is 31.4 Å². The Morgan fingerprint density at radius 2 is 2.31 bits per heavy atom. The molecule has 3 nitrogen and oxygen atoms in total. The Kier molecular flexibility index (Phi) is 3.03. The number of carbonyl (C=O) groups excluding carboxylic acids is 1. The van der Waals surface area contributed by atoms with Crippen molar-refractivity contribution in [3.63, 3.8) is 0 Å². The SMILES string of the molecule is CC(=O)[C@H](O)/C(C)=C/c1ccco1. The smallest absolute Gasteiger partial charge is 0.162 e. The summed E-state index contributed by atoms with van der Waals surface area (Å²) in [5, 5.41) is 9.33. The van der Waals surface area contributed by atoms with Gasteiger partial charge in [0, 0.05) is 0 Å². The number of ketones is 1. The second-order valence-electron chi connectivity index (χ2n) is 2.92. The highest BCUT2D eigenvalue weighted by atomic mass is 16.3. The molecule has 3 heteroatoms. The van der Waals surface area contributed by atoms with E-state index in [-0.39, 0.29) is 5.78 Å². The average Bonchev–Trinajstić information content (AvgIpc) is 2.55. The molecule has 1 rings (SSSR count). The van der Waals surface area contributed by atoms with Crippen LogP contribution in [-0.4, -0.2) is 17.0 Å². The first-order valence-electron chi connectivity index (χ1n) is 4.01. The lowest BCUT2D eigenvalue weighted by atomic mass is 10.1. The van der Waals surface area contributed by atoms with Crippen molar-refractivity contribution in [3.05, 3.63) is 29.7 Å². The van der Waals surface area contributed by atoms with Gasteiger partial charge < -0.3 is 9.52 Å². The third-order valence-corrected chi connectivity index (χ3v) is 1.73. The topological polar surface area (TPSA) is 50.4 Å². The Hall–Kier alpha value is -1.35. The summed E-state index contributed by atoms with van der Waals surface area (Å²) in [5.74, 6) is 0.373. The zero-order chi connectivity index (χ0) is 9.84. The van der Waals surface area contributed by atoms with Crippen molar-refractivity contribution in [3.8, 4) is 0 Å². The van der Waals surface area contributed by atoms with E-state index in [1.807, 2.05) is 0 Å². The van der Waals surface area contributed by atoms with Crippen LogP contribution in [0, 0.1) is 0 Å². The first-order chi connectivity index (χ1) is 6.11. The van der Waals surface area contributed by atoms with Gasteiger partial charge in [0.2, 0.25) is 0 Å². The zero-order valence-electron chi connectivity index (χ0n) is 7.65. The van der Waals surface area contributed by atoms with Crippen molar-refractivity contribution < 1.29 is 14.3 Å². The standard InChI is InChI=1S/C10H12O3/c1-7(10(12)8(2)11)6-9-4-3-5-13-9/h3-6,10,12H,1-2H3/b7-6+/t10-/m1/s1. The molecule has 1 atom stereocenters. The number of rotatable bonds is 3. The van der Waals surface area contributed by atoms with Gasteiger partial charge in [0.05, 0.1) is 6.26 Å². The Morgan fingerprint density at radius 1 is 1.62 bits per heavy atom. The number of hydrogen-bond donors (Lipinski definition) is 1. The fourth-order valence-corrected chi connectivity index (χ4v) is 0.997. The molecule has 0 aliphatic rings. The van der Waals surface area contributed by atoms with Crippen molar-refractivity contribution in [2.45, 2.75) is 20.0 Å². The van der Waals surface area contributed by atoms with Crippen LogP contribution in [0.5, 0.6) is 0 Å². The van der Waals surface area contributed by atoms with Crippen LogP contribution in [0.25, 0.3) is 6.08 Å². The molecule has 1 heterocycles. The van der Waals surface area contributed by atoms with Gasteiger partial charge in [-0.1, -0.05) is 0 Å². The Labute approximate surface area is 76.7 Å². The highest BCUT2D eigenvalue weighted by Crippen LogP contribution is 2.10. The molecule has 1 aromatic heterocycles. The number of carbonyl (C=O) groups is 1. The van der Waals surface area contributed by atoms with Crippen LogP contribution in [0.15, 0.2) is 28.4 Å². The number of hydrogen-bond acceptors (Lipinski definition) is 3. The van der Waals surface area contributed by atoms with E-state index in [0.717, 1.165) is 0 Å². The molecule has 0 unspecified atom stereocenters. The van der Waals surface area contributed by atoms with Gasteiger partial charge >= 0.3 is 0 Å². The predicted molar refractivity (Wildman–Crippen MR) is 49.0 cm³/mol. The molecule has 13 heavy (non-hydrogen) atoms. The summed E-state index contributed by atoms with van der Waals surface area (Å²) >= 11 is 0. The predicted octanol–water partition coefficient (Wildman–Crippen LogP) is 1.63. The molecule has 0 saturated carbocycles. The molecule has 0 saturated heterocycles. The normalized spacial score (nSPS) is 14.2. The zero-order valence-corrected chi connectivity index (χ0v) is 7.65. The number of Topliss-reactive ketones (excluding diaryl/α,β-unsaturated/α-hetero) is 1. The maximum absolute atomic E-state index is 10.8. The van der Waals surface area contributed by atoms with Crippen molar-refractivity contribution in [1.82, 2.24) is 0 Å². The molecule has 1 N–H and O–H groups in total. The fraction of sp³-hybridized carbons (Fsp3) is 0.300. The molecule has 0 spiro atoms. The van der Waals surface area contributed by atoms with Gasteiger partial charge in [-0.05, 0) is 37.6 Å². The molecule has 0 aromatic carbocycles. The third-order valence-electron chi connectivity index (χ3n) is 1.73. The van der Waals surface area contributed by atoms with Gasteiger partial charge in [-0.15, -0.1) is 0 Å². The number of aliphatic hydroxyl groups is 1. The van der Waals surface area contributed by atoms with Crippen molar-refractivity contribution in [2.75, 3.05) is 0 Å². The maximum Gasteiger partial charge on any atom is 0.162 e. The summed E-state index contributed by atoms with van der Waals surface area (Å²) in [6.45, 7) is 3.04. The quantitative estimate of drug-likeness (QED) is 0.769. The van der Waals surface area contributed by atoms with Crippen LogP contribution in [0.2, 0.25) is 0 Å². The number of furan rings is 1. The summed E-state index contributed by atoms with van der Waals surface area (Å²) in [7, 11) is 0. The maximum atomic E-state index is 10.8. The lowest BCUT2D eigenvalue weighted by Gasteiger charge is -2.05. The lowest BCUT2D eigenvalue weighted by molar-refractivity contribution is -0.123. The minimum Gasteiger partial charge on any atom is -0.465 e. The molecular weight excluding hydrogens is 168 g/mol. The Bertz CT molecular complexity index is 309. The van der Waals surface area contributed by atoms with Gasteiger partial charge in [-0.3, -0.25) is 4.79 Å². The van der Waals surface area contributed by atoms with E-state index in [4.69, 9.17) is 4.42 Å². The largest absolute Gasteiger partial charge is 0.465 e. The van der Waals surface area contributed by atoms with Crippen LogP contribution in [0.1, 0.15) is 19.6 Å². The van der Waals surface area contributed by atoms with Gasteiger partial charge in [0.25, 0.3) is 0 Å². The summed E-state index contributed by atoms with van der Waals surface area (Å²) in [6.07, 6.45) is 2.16. The van der Waals surface area contributed by atoms with E-state index in [0.29, 0.717) is 11.3 Å². The van der Waals surface area contributed by atoms with Gasteiger partial charge in [0.1, 0.15) is 11.9 Å². The summed E-state index contributed by atoms with van der Waals surface area (Å²) in [6, 6.07) is 3.51. The molecule has 0 aliphatic carbocycles. The molecule has 1 aromatic rings.